The van der Waals surface area contributed by atoms with Gasteiger partial charge in [0, 0.05) is 22.7 Å². The highest BCUT2D eigenvalue weighted by molar-refractivity contribution is 6.30. The van der Waals surface area contributed by atoms with Crippen molar-refractivity contribution in [2.45, 2.75) is 18.3 Å². The molecule has 2 bridgehead atoms. The molecule has 0 radical (unpaired) electrons. The minimum atomic E-state index is -1.05. The summed E-state index contributed by atoms with van der Waals surface area (Å²) in [6, 6.07) is 29.9. The zero-order valence-electron chi connectivity index (χ0n) is 21.5. The van der Waals surface area contributed by atoms with Gasteiger partial charge in [0.1, 0.15) is 0 Å². The molecular formula is C33H24ClN3O3. The highest BCUT2D eigenvalue weighted by Gasteiger charge is 2.68. The Labute approximate surface area is 236 Å². The molecule has 196 valence electrons. The molecule has 1 aliphatic heterocycles. The second-order valence-corrected chi connectivity index (χ2v) is 11.0. The fraction of sp³-hybridized carbons (Fsp3) is 0.152. The quantitative estimate of drug-likeness (QED) is 0.205. The van der Waals surface area contributed by atoms with Crippen LogP contribution in [-0.2, 0) is 15.0 Å². The molecule has 1 heterocycles. The van der Waals surface area contributed by atoms with Crippen molar-refractivity contribution in [3.05, 3.63) is 135 Å². The third kappa shape index (κ3) is 3.36. The molecule has 8 rings (SSSR count). The van der Waals surface area contributed by atoms with E-state index in [2.05, 4.69) is 10.5 Å². The van der Waals surface area contributed by atoms with Crippen LogP contribution in [0.1, 0.15) is 44.1 Å². The van der Waals surface area contributed by atoms with E-state index in [1.807, 2.05) is 79.7 Å². The lowest BCUT2D eigenvalue weighted by Crippen LogP contribution is -2.54. The molecule has 0 aromatic heterocycles. The third-order valence-corrected chi connectivity index (χ3v) is 8.77. The van der Waals surface area contributed by atoms with E-state index in [0.29, 0.717) is 16.3 Å². The summed E-state index contributed by atoms with van der Waals surface area (Å²) < 4.78 is 0. The second kappa shape index (κ2) is 9.00. The molecule has 3 aliphatic carbocycles. The van der Waals surface area contributed by atoms with Gasteiger partial charge in [0.15, 0.2) is 0 Å². The Morgan fingerprint density at radius 2 is 1.45 bits per heavy atom. The van der Waals surface area contributed by atoms with E-state index in [-0.39, 0.29) is 17.7 Å². The normalized spacial score (nSPS) is 24.1. The number of nitrogens with zero attached hydrogens (tertiary/aromatic N) is 2. The summed E-state index contributed by atoms with van der Waals surface area (Å²) in [7, 11) is 0. The summed E-state index contributed by atoms with van der Waals surface area (Å²) in [5, 5.41) is 4.98. The zero-order chi connectivity index (χ0) is 27.6. The number of anilines is 1. The fourth-order valence-electron chi connectivity index (χ4n) is 6.86. The Balaban J connectivity index is 1.39. The average Bonchev–Trinajstić information content (AvgIpc) is 3.24. The van der Waals surface area contributed by atoms with E-state index in [1.165, 1.54) is 4.90 Å². The molecule has 3 amide bonds. The highest BCUT2D eigenvalue weighted by Crippen LogP contribution is 2.63. The first kappa shape index (κ1) is 24.5. The van der Waals surface area contributed by atoms with Crippen LogP contribution in [0.2, 0.25) is 5.02 Å². The van der Waals surface area contributed by atoms with Crippen LogP contribution in [0.25, 0.3) is 0 Å². The average molecular weight is 546 g/mol. The summed E-state index contributed by atoms with van der Waals surface area (Å²) in [5.41, 5.74) is 7.46. The first-order chi connectivity index (χ1) is 19.4. The van der Waals surface area contributed by atoms with Crippen LogP contribution in [0.3, 0.4) is 0 Å². The van der Waals surface area contributed by atoms with Gasteiger partial charge in [-0.3, -0.25) is 14.4 Å². The van der Waals surface area contributed by atoms with Gasteiger partial charge < -0.3 is 0 Å². The molecule has 0 saturated carbocycles. The Hall–Kier alpha value is -4.55. The first-order valence-corrected chi connectivity index (χ1v) is 13.5. The van der Waals surface area contributed by atoms with Gasteiger partial charge in [-0.15, -0.1) is 0 Å². The summed E-state index contributed by atoms with van der Waals surface area (Å²) in [5.74, 6) is -2.45. The van der Waals surface area contributed by atoms with E-state index in [0.717, 1.165) is 27.8 Å². The van der Waals surface area contributed by atoms with Gasteiger partial charge >= 0.3 is 0 Å². The van der Waals surface area contributed by atoms with Gasteiger partial charge in [0.25, 0.3) is 5.91 Å². The van der Waals surface area contributed by atoms with E-state index >= 15 is 0 Å². The van der Waals surface area contributed by atoms with Crippen molar-refractivity contribution in [1.29, 1.82) is 0 Å². The molecule has 0 unspecified atom stereocenters. The number of hydrazone groups is 1. The zero-order valence-corrected chi connectivity index (χ0v) is 22.3. The molecule has 0 spiro atoms. The van der Waals surface area contributed by atoms with Crippen molar-refractivity contribution >= 4 is 41.2 Å². The number of carbonyl (C=O) groups is 3. The number of amides is 3. The maximum Gasteiger partial charge on any atom is 0.271 e. The lowest BCUT2D eigenvalue weighted by atomic mass is 9.47. The van der Waals surface area contributed by atoms with E-state index in [1.54, 1.807) is 30.5 Å². The maximum absolute atomic E-state index is 14.3. The molecule has 6 nitrogen and oxygen atoms in total. The summed E-state index contributed by atoms with van der Waals surface area (Å²) >= 11 is 5.98. The van der Waals surface area contributed by atoms with Crippen LogP contribution in [0.5, 0.6) is 0 Å². The summed E-state index contributed by atoms with van der Waals surface area (Å²) in [4.78, 5) is 42.8. The number of nitrogens with one attached hydrogen (secondary N) is 1. The first-order valence-electron chi connectivity index (χ1n) is 13.2. The van der Waals surface area contributed by atoms with Crippen molar-refractivity contribution in [3.63, 3.8) is 0 Å². The van der Waals surface area contributed by atoms with Gasteiger partial charge in [-0.1, -0.05) is 77.8 Å². The Kier molecular flexibility index (Phi) is 5.51. The number of halogens is 1. The third-order valence-electron chi connectivity index (χ3n) is 8.52. The van der Waals surface area contributed by atoms with Crippen molar-refractivity contribution in [2.75, 3.05) is 4.90 Å². The maximum atomic E-state index is 14.3. The van der Waals surface area contributed by atoms with Crippen LogP contribution in [0, 0.1) is 18.8 Å². The minimum Gasteiger partial charge on any atom is -0.274 e. The van der Waals surface area contributed by atoms with Crippen LogP contribution in [0.4, 0.5) is 5.69 Å². The SMILES string of the molecule is Cc1ccc(N2C(=O)[C@H]3C4c5ccccc5C(/C=N\NC(=O)c5ccc(Cl)cc5)(c5ccccc54)[C@H]3C2=O)cc1. The number of hydrogen-bond donors (Lipinski definition) is 1. The van der Waals surface area contributed by atoms with Gasteiger partial charge in [-0.05, 0) is 65.6 Å². The molecule has 4 aromatic carbocycles. The van der Waals surface area contributed by atoms with E-state index in [9.17, 15) is 14.4 Å². The second-order valence-electron chi connectivity index (χ2n) is 10.6. The molecule has 2 atom stereocenters. The predicted octanol–water partition coefficient (Wildman–Crippen LogP) is 5.62. The molecule has 4 aromatic rings. The lowest BCUT2D eigenvalue weighted by molar-refractivity contribution is -0.122. The molecular weight excluding hydrogens is 522 g/mol. The molecule has 1 fully saturated rings. The lowest BCUT2D eigenvalue weighted by Gasteiger charge is -2.52. The van der Waals surface area contributed by atoms with Crippen molar-refractivity contribution in [2.24, 2.45) is 16.9 Å². The monoisotopic (exact) mass is 545 g/mol. The van der Waals surface area contributed by atoms with Crippen molar-refractivity contribution in [3.8, 4) is 0 Å². The molecule has 1 N–H and O–H groups in total. The number of rotatable bonds is 4. The highest BCUT2D eigenvalue weighted by atomic mass is 35.5. The summed E-state index contributed by atoms with van der Waals surface area (Å²) in [6.45, 7) is 1.97. The molecule has 7 heteroatoms. The topological polar surface area (TPSA) is 78.8 Å². The molecule has 40 heavy (non-hydrogen) atoms. The predicted molar refractivity (Wildman–Crippen MR) is 154 cm³/mol. The van der Waals surface area contributed by atoms with Crippen LogP contribution in [-0.4, -0.2) is 23.9 Å². The van der Waals surface area contributed by atoms with Crippen LogP contribution < -0.4 is 10.3 Å². The number of imide groups is 1. The minimum absolute atomic E-state index is 0.212. The van der Waals surface area contributed by atoms with Gasteiger partial charge in [0.2, 0.25) is 11.8 Å². The van der Waals surface area contributed by atoms with Crippen LogP contribution >= 0.6 is 11.6 Å². The summed E-state index contributed by atoms with van der Waals surface area (Å²) in [6.07, 6.45) is 1.66. The largest absolute Gasteiger partial charge is 0.274 e. The van der Waals surface area contributed by atoms with Crippen LogP contribution in [0.15, 0.2) is 102 Å². The van der Waals surface area contributed by atoms with Gasteiger partial charge in [0.05, 0.1) is 22.9 Å². The smallest absolute Gasteiger partial charge is 0.271 e. The number of carbonyl (C=O) groups excluding carboxylic acids is 3. The fourth-order valence-corrected chi connectivity index (χ4v) is 6.98. The molecule has 4 aliphatic rings. The Morgan fingerprint density at radius 3 is 2.08 bits per heavy atom. The number of benzene rings is 4. The molecule has 1 saturated heterocycles. The number of hydrogen-bond acceptors (Lipinski definition) is 4. The van der Waals surface area contributed by atoms with Gasteiger partial charge in [-0.25, -0.2) is 10.3 Å². The van der Waals surface area contributed by atoms with Gasteiger partial charge in [-0.2, -0.15) is 5.10 Å². The number of aryl methyl sites for hydroxylation is 1. The van der Waals surface area contributed by atoms with Crippen molar-refractivity contribution < 1.29 is 14.4 Å². The van der Waals surface area contributed by atoms with E-state index in [4.69, 9.17) is 11.6 Å². The van der Waals surface area contributed by atoms with E-state index < -0.39 is 23.2 Å². The standard InChI is InChI=1S/C33H24ClN3O3/c1-19-10-16-22(17-11-19)37-31(39)28-27-23-6-2-4-8-25(23)33(29(28)32(37)40,26-9-5-3-7-24(26)27)18-35-36-30(38)20-12-14-21(34)15-13-20/h2-18,27-29H,1H3,(H,36,38)/b35-18-/t27?,28-,29+,33?/m0/s1. The van der Waals surface area contributed by atoms with Crippen molar-refractivity contribution in [1.82, 2.24) is 5.43 Å². The Bertz CT molecular complexity index is 1680. The Morgan fingerprint density at radius 1 is 0.850 bits per heavy atom.